The lowest BCUT2D eigenvalue weighted by molar-refractivity contribution is 0.459. The maximum Gasteiger partial charge on any atom is 0.0972 e. The second-order valence-corrected chi connectivity index (χ2v) is 5.20. The molecule has 0 radical (unpaired) electrons. The summed E-state index contributed by atoms with van der Waals surface area (Å²) >= 11 is 1.83. The molecule has 0 unspecified atom stereocenters. The van der Waals surface area contributed by atoms with Crippen molar-refractivity contribution in [3.63, 3.8) is 0 Å². The highest BCUT2D eigenvalue weighted by molar-refractivity contribution is 7.09. The Bertz CT molecular complexity index is 287. The molecule has 2 rings (SSSR count). The van der Waals surface area contributed by atoms with E-state index in [9.17, 15) is 0 Å². The fraction of sp³-hybridized carbons (Fsp3) is 0.727. The molecule has 0 aromatic carbocycles. The number of nitrogens with zero attached hydrogens (tertiary/aromatic N) is 1. The van der Waals surface area contributed by atoms with E-state index in [2.05, 4.69) is 24.5 Å². The van der Waals surface area contributed by atoms with E-state index in [4.69, 9.17) is 4.98 Å². The van der Waals surface area contributed by atoms with E-state index in [1.54, 1.807) is 0 Å². The van der Waals surface area contributed by atoms with Gasteiger partial charge in [0, 0.05) is 17.8 Å². The zero-order valence-electron chi connectivity index (χ0n) is 8.92. The molecular weight excluding hydrogens is 192 g/mol. The Balaban J connectivity index is 2.07. The zero-order chi connectivity index (χ0) is 9.97. The molecule has 3 heteroatoms. The monoisotopic (exact) mass is 210 g/mol. The summed E-state index contributed by atoms with van der Waals surface area (Å²) in [5, 5.41) is 6.99. The number of thiazole rings is 1. The molecule has 14 heavy (non-hydrogen) atoms. The Hall–Kier alpha value is -0.410. The second-order valence-electron chi connectivity index (χ2n) is 4.31. The lowest BCUT2D eigenvalue weighted by Gasteiger charge is -2.20. The minimum absolute atomic E-state index is 0.566. The summed E-state index contributed by atoms with van der Waals surface area (Å²) in [5.74, 6) is 1.23. The van der Waals surface area contributed by atoms with Crippen LogP contribution < -0.4 is 5.32 Å². The van der Waals surface area contributed by atoms with Gasteiger partial charge in [0.25, 0.3) is 0 Å². The van der Waals surface area contributed by atoms with Gasteiger partial charge in [0.05, 0.1) is 10.7 Å². The molecule has 1 aromatic rings. The molecule has 0 saturated carbocycles. The van der Waals surface area contributed by atoms with Crippen molar-refractivity contribution in [3.8, 4) is 0 Å². The van der Waals surface area contributed by atoms with Gasteiger partial charge < -0.3 is 5.32 Å². The van der Waals surface area contributed by atoms with Crippen LogP contribution >= 0.6 is 11.3 Å². The van der Waals surface area contributed by atoms with Crippen LogP contribution in [0.2, 0.25) is 0 Å². The molecule has 1 saturated heterocycles. The van der Waals surface area contributed by atoms with Crippen molar-refractivity contribution >= 4 is 11.3 Å². The second kappa shape index (κ2) is 4.41. The number of hydrogen-bond acceptors (Lipinski definition) is 3. The first-order chi connectivity index (χ1) is 6.77. The lowest BCUT2D eigenvalue weighted by Crippen LogP contribution is -2.28. The molecule has 1 atom stereocenters. The summed E-state index contributed by atoms with van der Waals surface area (Å²) in [5.41, 5.74) is 1.26. The van der Waals surface area contributed by atoms with E-state index >= 15 is 0 Å². The first-order valence-electron chi connectivity index (χ1n) is 5.43. The summed E-state index contributed by atoms with van der Waals surface area (Å²) < 4.78 is 0. The van der Waals surface area contributed by atoms with Gasteiger partial charge in [-0.1, -0.05) is 13.8 Å². The molecule has 1 N–H and O–H groups in total. The van der Waals surface area contributed by atoms with Crippen molar-refractivity contribution in [2.24, 2.45) is 0 Å². The molecule has 2 nitrogen and oxygen atoms in total. The quantitative estimate of drug-likeness (QED) is 0.812. The molecule has 1 aliphatic heterocycles. The fourth-order valence-electron chi connectivity index (χ4n) is 1.82. The van der Waals surface area contributed by atoms with E-state index in [-0.39, 0.29) is 0 Å². The molecule has 1 aromatic heterocycles. The molecule has 0 amide bonds. The molecule has 0 spiro atoms. The van der Waals surface area contributed by atoms with Crippen LogP contribution in [0.1, 0.15) is 49.2 Å². The van der Waals surface area contributed by atoms with E-state index in [1.165, 1.54) is 30.1 Å². The van der Waals surface area contributed by atoms with Crippen molar-refractivity contribution in [3.05, 3.63) is 16.1 Å². The lowest BCUT2D eigenvalue weighted by atomic mass is 10.0. The average Bonchev–Trinajstić information content (AvgIpc) is 2.68. The van der Waals surface area contributed by atoms with Crippen LogP contribution in [0.3, 0.4) is 0 Å². The summed E-state index contributed by atoms with van der Waals surface area (Å²) in [6.45, 7) is 6.71. The van der Waals surface area contributed by atoms with Crippen LogP contribution in [0.15, 0.2) is 5.38 Å². The van der Waals surface area contributed by atoms with E-state index in [0.717, 1.165) is 6.54 Å². The van der Waals surface area contributed by atoms with E-state index in [1.807, 2.05) is 11.3 Å². The summed E-state index contributed by atoms with van der Waals surface area (Å²) in [6.07, 6.45) is 2.60. The third-order valence-corrected chi connectivity index (χ3v) is 3.80. The third kappa shape index (κ3) is 2.15. The first-order valence-corrected chi connectivity index (χ1v) is 6.31. The van der Waals surface area contributed by atoms with Crippen LogP contribution in [0.5, 0.6) is 0 Å². The highest BCUT2D eigenvalue weighted by atomic mass is 32.1. The molecule has 1 aliphatic rings. The Morgan fingerprint density at radius 1 is 1.57 bits per heavy atom. The number of nitrogens with one attached hydrogen (secondary N) is 1. The Morgan fingerprint density at radius 2 is 2.43 bits per heavy atom. The van der Waals surface area contributed by atoms with Gasteiger partial charge in [-0.3, -0.25) is 0 Å². The number of piperidine rings is 1. The van der Waals surface area contributed by atoms with Gasteiger partial charge in [-0.2, -0.15) is 0 Å². The van der Waals surface area contributed by atoms with Gasteiger partial charge in [0.15, 0.2) is 0 Å². The SMILES string of the molecule is CC(C)c1csc([C@H]2CCCNC2)n1. The number of hydrogen-bond donors (Lipinski definition) is 1. The topological polar surface area (TPSA) is 24.9 Å². The van der Waals surface area contributed by atoms with Gasteiger partial charge >= 0.3 is 0 Å². The minimum Gasteiger partial charge on any atom is -0.316 e. The predicted molar refractivity (Wildman–Crippen MR) is 61.0 cm³/mol. The van der Waals surface area contributed by atoms with Crippen LogP contribution in [-0.4, -0.2) is 18.1 Å². The van der Waals surface area contributed by atoms with Crippen molar-refractivity contribution in [1.29, 1.82) is 0 Å². The highest BCUT2D eigenvalue weighted by Gasteiger charge is 2.18. The molecular formula is C11H18N2S. The summed E-state index contributed by atoms with van der Waals surface area (Å²) in [4.78, 5) is 4.71. The predicted octanol–water partition coefficient (Wildman–Crippen LogP) is 2.73. The molecule has 1 fully saturated rings. The molecule has 0 aliphatic carbocycles. The molecule has 0 bridgehead atoms. The smallest absolute Gasteiger partial charge is 0.0972 e. The van der Waals surface area contributed by atoms with Crippen LogP contribution in [0.25, 0.3) is 0 Å². The zero-order valence-corrected chi connectivity index (χ0v) is 9.73. The fourth-order valence-corrected chi connectivity index (χ4v) is 2.93. The molecule has 2 heterocycles. The van der Waals surface area contributed by atoms with Crippen molar-refractivity contribution in [2.75, 3.05) is 13.1 Å². The summed E-state index contributed by atoms with van der Waals surface area (Å²) in [7, 11) is 0. The maximum absolute atomic E-state index is 4.71. The van der Waals surface area contributed by atoms with Crippen LogP contribution in [0.4, 0.5) is 0 Å². The Kier molecular flexibility index (Phi) is 3.19. The highest BCUT2D eigenvalue weighted by Crippen LogP contribution is 2.28. The van der Waals surface area contributed by atoms with Crippen molar-refractivity contribution in [2.45, 2.75) is 38.5 Å². The van der Waals surface area contributed by atoms with Gasteiger partial charge in [0.2, 0.25) is 0 Å². The van der Waals surface area contributed by atoms with Crippen molar-refractivity contribution in [1.82, 2.24) is 10.3 Å². The number of aromatic nitrogens is 1. The van der Waals surface area contributed by atoms with Gasteiger partial charge in [0.1, 0.15) is 0 Å². The maximum atomic E-state index is 4.71. The van der Waals surface area contributed by atoms with E-state index in [0.29, 0.717) is 11.8 Å². The first kappa shape index (κ1) is 10.1. The van der Waals surface area contributed by atoms with Gasteiger partial charge in [-0.05, 0) is 25.3 Å². The standard InChI is InChI=1S/C11H18N2S/c1-8(2)10-7-14-11(13-10)9-4-3-5-12-6-9/h7-9,12H,3-6H2,1-2H3/t9-/m0/s1. The van der Waals surface area contributed by atoms with Crippen molar-refractivity contribution < 1.29 is 0 Å². The Morgan fingerprint density at radius 3 is 3.00 bits per heavy atom. The van der Waals surface area contributed by atoms with Crippen LogP contribution in [0, 0.1) is 0 Å². The minimum atomic E-state index is 0.566. The normalized spacial score (nSPS) is 22.9. The van der Waals surface area contributed by atoms with Gasteiger partial charge in [-0.25, -0.2) is 4.98 Å². The summed E-state index contributed by atoms with van der Waals surface area (Å²) in [6, 6.07) is 0. The molecule has 78 valence electrons. The Labute approximate surface area is 89.8 Å². The third-order valence-electron chi connectivity index (χ3n) is 2.78. The largest absolute Gasteiger partial charge is 0.316 e. The average molecular weight is 210 g/mol. The number of rotatable bonds is 2. The van der Waals surface area contributed by atoms with Gasteiger partial charge in [-0.15, -0.1) is 11.3 Å². The van der Waals surface area contributed by atoms with E-state index < -0.39 is 0 Å². The van der Waals surface area contributed by atoms with Crippen LogP contribution in [-0.2, 0) is 0 Å².